The number of hydrogen-bond donors (Lipinski definition) is 1. The van der Waals surface area contributed by atoms with Crippen molar-refractivity contribution in [2.45, 2.75) is 19.5 Å². The molecular formula is C28H22ClF2N5O. The van der Waals surface area contributed by atoms with Gasteiger partial charge in [0.25, 0.3) is 0 Å². The maximum absolute atomic E-state index is 14.0. The number of nitriles is 1. The molecule has 0 atom stereocenters. The second kappa shape index (κ2) is 10.5. The highest BCUT2D eigenvalue weighted by Gasteiger charge is 2.26. The quantitative estimate of drug-likeness (QED) is 0.346. The van der Waals surface area contributed by atoms with Crippen LogP contribution in [-0.2, 0) is 19.5 Å². The summed E-state index contributed by atoms with van der Waals surface area (Å²) in [5, 5.41) is 13.6. The number of aromatic nitrogens is 2. The highest BCUT2D eigenvalue weighted by atomic mass is 35.5. The normalized spacial score (nSPS) is 13.6. The molecule has 0 bridgehead atoms. The lowest BCUT2D eigenvalue weighted by Gasteiger charge is -2.27. The van der Waals surface area contributed by atoms with Gasteiger partial charge in [-0.05, 0) is 41.5 Å². The molecule has 0 fully saturated rings. The van der Waals surface area contributed by atoms with Crippen LogP contribution in [0.15, 0.2) is 60.8 Å². The molecule has 186 valence electrons. The van der Waals surface area contributed by atoms with E-state index >= 15 is 0 Å². The zero-order chi connectivity index (χ0) is 25.9. The van der Waals surface area contributed by atoms with Gasteiger partial charge in [-0.1, -0.05) is 42.0 Å². The van der Waals surface area contributed by atoms with E-state index in [1.54, 1.807) is 41.1 Å². The fraction of sp³-hybridized carbons (Fsp3) is 0.179. The van der Waals surface area contributed by atoms with Crippen molar-refractivity contribution in [1.82, 2.24) is 19.8 Å². The number of carbonyl (C=O) groups excluding carboxylic acids is 1. The van der Waals surface area contributed by atoms with E-state index in [-0.39, 0.29) is 18.1 Å². The van der Waals surface area contributed by atoms with Crippen LogP contribution in [0.3, 0.4) is 0 Å². The minimum atomic E-state index is -0.875. The summed E-state index contributed by atoms with van der Waals surface area (Å²) >= 11 is 5.96. The molecule has 0 radical (unpaired) electrons. The number of halogens is 3. The Kier molecular flexibility index (Phi) is 6.99. The van der Waals surface area contributed by atoms with Crippen LogP contribution >= 0.6 is 11.6 Å². The predicted octanol–water partition coefficient (Wildman–Crippen LogP) is 5.67. The predicted molar refractivity (Wildman–Crippen MR) is 138 cm³/mol. The Bertz CT molecular complexity index is 1570. The smallest absolute Gasteiger partial charge is 0.326 e. The number of hydrogen-bond acceptors (Lipinski definition) is 4. The first-order chi connectivity index (χ1) is 17.9. The molecule has 6 nitrogen and oxygen atoms in total. The van der Waals surface area contributed by atoms with Gasteiger partial charge in [-0.15, -0.1) is 0 Å². The summed E-state index contributed by atoms with van der Waals surface area (Å²) in [5.74, 6) is -1.74. The SMILES string of the molecule is N#Cc1ccc2c3c(n(C(=O)NCc4ccnc(Cl)c4)c2c1)CCN(CC=Cc1cccc(F)c1F)C3. The summed E-state index contributed by atoms with van der Waals surface area (Å²) in [6, 6.07) is 14.8. The molecule has 0 unspecified atom stereocenters. The Balaban J connectivity index is 1.40. The molecule has 9 heteroatoms. The van der Waals surface area contributed by atoms with E-state index in [0.717, 1.165) is 28.3 Å². The summed E-state index contributed by atoms with van der Waals surface area (Å²) in [7, 11) is 0. The van der Waals surface area contributed by atoms with Crippen molar-refractivity contribution in [1.29, 1.82) is 5.26 Å². The van der Waals surface area contributed by atoms with Gasteiger partial charge < -0.3 is 5.32 Å². The molecule has 0 aliphatic carbocycles. The highest BCUT2D eigenvalue weighted by Crippen LogP contribution is 2.31. The largest absolute Gasteiger partial charge is 0.333 e. The van der Waals surface area contributed by atoms with Gasteiger partial charge in [-0.3, -0.25) is 9.47 Å². The molecule has 1 aliphatic rings. The Labute approximate surface area is 217 Å². The Morgan fingerprint density at radius 3 is 2.89 bits per heavy atom. The van der Waals surface area contributed by atoms with E-state index in [1.165, 1.54) is 12.1 Å². The molecule has 0 saturated carbocycles. The third-order valence-corrected chi connectivity index (χ3v) is 6.64. The molecule has 5 rings (SSSR count). The van der Waals surface area contributed by atoms with Gasteiger partial charge in [0.05, 0.1) is 17.1 Å². The topological polar surface area (TPSA) is 74.0 Å². The third-order valence-electron chi connectivity index (χ3n) is 6.44. The number of carbonyl (C=O) groups is 1. The van der Waals surface area contributed by atoms with Crippen molar-refractivity contribution in [3.8, 4) is 6.07 Å². The van der Waals surface area contributed by atoms with Gasteiger partial charge in [0.2, 0.25) is 0 Å². The number of rotatable bonds is 5. The average Bonchev–Trinajstić information content (AvgIpc) is 3.22. The van der Waals surface area contributed by atoms with Crippen LogP contribution in [0.25, 0.3) is 17.0 Å². The first-order valence-corrected chi connectivity index (χ1v) is 12.1. The summed E-state index contributed by atoms with van der Waals surface area (Å²) in [4.78, 5) is 19.5. The highest BCUT2D eigenvalue weighted by molar-refractivity contribution is 6.29. The number of benzene rings is 2. The molecule has 1 amide bonds. The van der Waals surface area contributed by atoms with Crippen LogP contribution in [0.4, 0.5) is 13.6 Å². The van der Waals surface area contributed by atoms with E-state index in [9.17, 15) is 18.8 Å². The van der Waals surface area contributed by atoms with Gasteiger partial charge in [0.1, 0.15) is 5.15 Å². The van der Waals surface area contributed by atoms with Gasteiger partial charge in [0.15, 0.2) is 11.6 Å². The van der Waals surface area contributed by atoms with E-state index in [1.807, 2.05) is 12.1 Å². The van der Waals surface area contributed by atoms with Crippen molar-refractivity contribution < 1.29 is 13.6 Å². The van der Waals surface area contributed by atoms with E-state index in [2.05, 4.69) is 21.3 Å². The summed E-state index contributed by atoms with van der Waals surface area (Å²) in [6.07, 6.45) is 5.59. The van der Waals surface area contributed by atoms with E-state index < -0.39 is 11.6 Å². The first kappa shape index (κ1) is 24.6. The maximum Gasteiger partial charge on any atom is 0.326 e. The minimum Gasteiger partial charge on any atom is -0.333 e. The molecule has 0 spiro atoms. The fourth-order valence-corrected chi connectivity index (χ4v) is 4.85. The van der Waals surface area contributed by atoms with Crippen molar-refractivity contribution in [2.24, 2.45) is 0 Å². The summed E-state index contributed by atoms with van der Waals surface area (Å²) in [5.41, 5.74) is 4.07. The minimum absolute atomic E-state index is 0.200. The van der Waals surface area contributed by atoms with Crippen molar-refractivity contribution in [2.75, 3.05) is 13.1 Å². The van der Waals surface area contributed by atoms with Crippen LogP contribution in [0, 0.1) is 23.0 Å². The second-order valence-corrected chi connectivity index (χ2v) is 9.17. The van der Waals surface area contributed by atoms with Crippen LogP contribution < -0.4 is 5.32 Å². The van der Waals surface area contributed by atoms with Crippen LogP contribution in [0.2, 0.25) is 5.15 Å². The summed E-state index contributed by atoms with van der Waals surface area (Å²) < 4.78 is 29.1. The Morgan fingerprint density at radius 2 is 2.08 bits per heavy atom. The van der Waals surface area contributed by atoms with Gasteiger partial charge in [0, 0.05) is 55.4 Å². The molecule has 2 aromatic heterocycles. The molecule has 37 heavy (non-hydrogen) atoms. The lowest BCUT2D eigenvalue weighted by molar-refractivity contribution is 0.240. The zero-order valence-corrected chi connectivity index (χ0v) is 20.5. The number of amides is 1. The van der Waals surface area contributed by atoms with Crippen LogP contribution in [-0.4, -0.2) is 33.6 Å². The van der Waals surface area contributed by atoms with Crippen LogP contribution in [0.5, 0.6) is 0 Å². The molecule has 3 heterocycles. The monoisotopic (exact) mass is 517 g/mol. The lowest BCUT2D eigenvalue weighted by Crippen LogP contribution is -2.34. The first-order valence-electron chi connectivity index (χ1n) is 11.7. The molecule has 1 aliphatic heterocycles. The number of fused-ring (bicyclic) bond motifs is 3. The van der Waals surface area contributed by atoms with Crippen molar-refractivity contribution >= 4 is 34.6 Å². The fourth-order valence-electron chi connectivity index (χ4n) is 4.66. The molecule has 4 aromatic rings. The van der Waals surface area contributed by atoms with Gasteiger partial charge in [-0.2, -0.15) is 5.26 Å². The van der Waals surface area contributed by atoms with E-state index in [0.29, 0.717) is 42.3 Å². The molecular weight excluding hydrogens is 496 g/mol. The average molecular weight is 518 g/mol. The van der Waals surface area contributed by atoms with Crippen LogP contribution in [0.1, 0.15) is 27.9 Å². The maximum atomic E-state index is 14.0. The lowest BCUT2D eigenvalue weighted by atomic mass is 10.0. The van der Waals surface area contributed by atoms with Gasteiger partial charge >= 0.3 is 6.03 Å². The van der Waals surface area contributed by atoms with Gasteiger partial charge in [-0.25, -0.2) is 18.6 Å². The second-order valence-electron chi connectivity index (χ2n) is 8.78. The molecule has 2 aromatic carbocycles. The number of nitrogens with zero attached hydrogens (tertiary/aromatic N) is 4. The Hall–Kier alpha value is -4.06. The standard InChI is InChI=1S/C28H22ClF2N5O/c29-26-14-19(8-10-33-26)16-34-28(37)36-24-9-12-35(11-2-4-20-3-1-5-23(30)27(20)31)17-22(24)21-7-6-18(15-32)13-25(21)36/h1-8,10,13-14H,9,11-12,16-17H2,(H,34,37). The van der Waals surface area contributed by atoms with E-state index in [4.69, 9.17) is 11.6 Å². The molecule has 1 N–H and O–H groups in total. The van der Waals surface area contributed by atoms with Crippen molar-refractivity contribution in [3.05, 3.63) is 106 Å². The Morgan fingerprint density at radius 1 is 1.22 bits per heavy atom. The third kappa shape index (κ3) is 5.10. The number of nitrogens with one attached hydrogen (secondary N) is 1. The summed E-state index contributed by atoms with van der Waals surface area (Å²) in [6.45, 7) is 2.07. The van der Waals surface area contributed by atoms with Crippen molar-refractivity contribution in [3.63, 3.8) is 0 Å². The zero-order valence-electron chi connectivity index (χ0n) is 19.7. The number of pyridine rings is 1. The molecule has 0 saturated heterocycles.